The van der Waals surface area contributed by atoms with Crippen molar-refractivity contribution in [2.24, 2.45) is 0 Å². The van der Waals surface area contributed by atoms with Crippen molar-refractivity contribution in [2.75, 3.05) is 39.3 Å². The molecule has 0 radical (unpaired) electrons. The lowest BCUT2D eigenvalue weighted by Gasteiger charge is -2.36. The molecule has 0 aromatic carbocycles. The van der Waals surface area contributed by atoms with Crippen LogP contribution in [-0.4, -0.2) is 61.2 Å². The molecule has 5 nitrogen and oxygen atoms in total. The van der Waals surface area contributed by atoms with Gasteiger partial charge in [-0.2, -0.15) is 17.0 Å². The van der Waals surface area contributed by atoms with E-state index in [0.717, 1.165) is 45.3 Å². The molecule has 1 fully saturated rings. The van der Waals surface area contributed by atoms with E-state index >= 15 is 0 Å². The van der Waals surface area contributed by atoms with Crippen molar-refractivity contribution in [1.29, 1.82) is 0 Å². The van der Waals surface area contributed by atoms with E-state index in [4.69, 9.17) is 0 Å². The largest absolute Gasteiger partial charge is 0.296 e. The normalized spacial score (nSPS) is 17.6. The van der Waals surface area contributed by atoms with E-state index in [1.165, 1.54) is 4.88 Å². The van der Waals surface area contributed by atoms with Gasteiger partial charge in [-0.15, -0.1) is 11.3 Å². The lowest BCUT2D eigenvalue weighted by atomic mass is 10.3. The fraction of sp³-hybridized carbons (Fsp3) is 0.765. The first-order valence-corrected chi connectivity index (χ1v) is 11.4. The van der Waals surface area contributed by atoms with Crippen molar-refractivity contribution in [1.82, 2.24) is 13.5 Å². The highest BCUT2D eigenvalue weighted by molar-refractivity contribution is 7.86. The smallest absolute Gasteiger partial charge is 0.282 e. The Hall–Kier alpha value is -0.470. The zero-order chi connectivity index (χ0) is 17.4. The Morgan fingerprint density at radius 1 is 1.08 bits per heavy atom. The zero-order valence-electron chi connectivity index (χ0n) is 15.0. The van der Waals surface area contributed by atoms with E-state index in [1.807, 2.05) is 0 Å². The van der Waals surface area contributed by atoms with Gasteiger partial charge in [0.05, 0.1) is 0 Å². The molecule has 0 unspecified atom stereocenters. The van der Waals surface area contributed by atoms with Gasteiger partial charge >= 0.3 is 0 Å². The molecule has 0 N–H and O–H groups in total. The molecule has 0 bridgehead atoms. The number of rotatable bonds is 10. The summed E-state index contributed by atoms with van der Waals surface area (Å²) >= 11 is 1.76. The van der Waals surface area contributed by atoms with Crippen molar-refractivity contribution in [3.8, 4) is 0 Å². The lowest BCUT2D eigenvalue weighted by Crippen LogP contribution is -2.53. The first-order valence-electron chi connectivity index (χ1n) is 9.08. The molecule has 1 aliphatic rings. The first kappa shape index (κ1) is 19.8. The predicted molar refractivity (Wildman–Crippen MR) is 101 cm³/mol. The standard InChI is InChI=1S/C17H31N3O2S2/c1-3-5-9-19(10-6-4-2)24(21,22)20-13-11-18(12-14-20)16-17-8-7-15-23-17/h7-8,15H,3-6,9-14,16H2,1-2H3. The second-order valence-corrected chi connectivity index (χ2v) is 9.33. The number of thiophene rings is 1. The molecule has 0 saturated carbocycles. The van der Waals surface area contributed by atoms with Crippen LogP contribution in [0.5, 0.6) is 0 Å². The van der Waals surface area contributed by atoms with E-state index in [9.17, 15) is 8.42 Å². The van der Waals surface area contributed by atoms with E-state index in [0.29, 0.717) is 26.2 Å². The summed E-state index contributed by atoms with van der Waals surface area (Å²) in [5, 5.41) is 2.09. The van der Waals surface area contributed by atoms with Crippen LogP contribution in [0.4, 0.5) is 0 Å². The van der Waals surface area contributed by atoms with E-state index in [-0.39, 0.29) is 0 Å². The summed E-state index contributed by atoms with van der Waals surface area (Å²) in [6.45, 7) is 9.26. The van der Waals surface area contributed by atoms with E-state index in [2.05, 4.69) is 36.3 Å². The van der Waals surface area contributed by atoms with Crippen LogP contribution in [0.3, 0.4) is 0 Å². The second-order valence-electron chi connectivity index (χ2n) is 6.37. The van der Waals surface area contributed by atoms with Crippen LogP contribution < -0.4 is 0 Å². The van der Waals surface area contributed by atoms with Crippen LogP contribution >= 0.6 is 11.3 Å². The number of unbranched alkanes of at least 4 members (excludes halogenated alkanes) is 2. The highest BCUT2D eigenvalue weighted by atomic mass is 32.2. The van der Waals surface area contributed by atoms with Crippen molar-refractivity contribution in [3.63, 3.8) is 0 Å². The van der Waals surface area contributed by atoms with Crippen LogP contribution in [0.15, 0.2) is 17.5 Å². The molecule has 0 atom stereocenters. The molecule has 0 amide bonds. The van der Waals surface area contributed by atoms with Crippen molar-refractivity contribution in [3.05, 3.63) is 22.4 Å². The van der Waals surface area contributed by atoms with E-state index < -0.39 is 10.2 Å². The maximum Gasteiger partial charge on any atom is 0.282 e. The van der Waals surface area contributed by atoms with Gasteiger partial charge < -0.3 is 0 Å². The molecule has 1 aliphatic heterocycles. The molecule has 0 aliphatic carbocycles. The molecule has 2 rings (SSSR count). The minimum atomic E-state index is -3.31. The van der Waals surface area contributed by atoms with Crippen LogP contribution in [0.1, 0.15) is 44.4 Å². The predicted octanol–water partition coefficient (Wildman–Crippen LogP) is 3.01. The first-order chi connectivity index (χ1) is 11.6. The average molecular weight is 374 g/mol. The molecular formula is C17H31N3O2S2. The molecule has 138 valence electrons. The summed E-state index contributed by atoms with van der Waals surface area (Å²) in [6, 6.07) is 4.21. The highest BCUT2D eigenvalue weighted by Gasteiger charge is 2.31. The summed E-state index contributed by atoms with van der Waals surface area (Å²) in [5.74, 6) is 0. The third kappa shape index (κ3) is 5.52. The van der Waals surface area contributed by atoms with Gasteiger partial charge in [-0.3, -0.25) is 4.90 Å². The molecule has 1 aromatic heterocycles. The van der Waals surface area contributed by atoms with Crippen molar-refractivity contribution >= 4 is 21.5 Å². The Balaban J connectivity index is 1.91. The van der Waals surface area contributed by atoms with Gasteiger partial charge in [0.1, 0.15) is 0 Å². The number of hydrogen-bond acceptors (Lipinski definition) is 4. The molecule has 24 heavy (non-hydrogen) atoms. The number of hydrogen-bond donors (Lipinski definition) is 0. The molecule has 1 saturated heterocycles. The minimum absolute atomic E-state index is 0.600. The molecule has 0 spiro atoms. The van der Waals surface area contributed by atoms with Gasteiger partial charge in [-0.25, -0.2) is 0 Å². The summed E-state index contributed by atoms with van der Waals surface area (Å²) < 4.78 is 29.3. The van der Waals surface area contributed by atoms with Gasteiger partial charge in [0, 0.05) is 50.7 Å². The zero-order valence-corrected chi connectivity index (χ0v) is 16.6. The summed E-state index contributed by atoms with van der Waals surface area (Å²) in [7, 11) is -3.31. The third-order valence-electron chi connectivity index (χ3n) is 4.47. The Morgan fingerprint density at radius 3 is 2.21 bits per heavy atom. The monoisotopic (exact) mass is 373 g/mol. The van der Waals surface area contributed by atoms with Gasteiger partial charge in [0.25, 0.3) is 10.2 Å². The van der Waals surface area contributed by atoms with Gasteiger partial charge in [-0.1, -0.05) is 32.8 Å². The van der Waals surface area contributed by atoms with Gasteiger partial charge in [-0.05, 0) is 24.3 Å². The van der Waals surface area contributed by atoms with Crippen LogP contribution in [0.25, 0.3) is 0 Å². The van der Waals surface area contributed by atoms with Crippen LogP contribution in [0, 0.1) is 0 Å². The average Bonchev–Trinajstić information content (AvgIpc) is 3.08. The summed E-state index contributed by atoms with van der Waals surface area (Å²) in [4.78, 5) is 3.69. The summed E-state index contributed by atoms with van der Waals surface area (Å²) in [5.41, 5.74) is 0. The Morgan fingerprint density at radius 2 is 1.71 bits per heavy atom. The van der Waals surface area contributed by atoms with Crippen LogP contribution in [-0.2, 0) is 16.8 Å². The fourth-order valence-corrected chi connectivity index (χ4v) is 5.33. The van der Waals surface area contributed by atoms with Crippen LogP contribution in [0.2, 0.25) is 0 Å². The molecule has 7 heteroatoms. The SMILES string of the molecule is CCCCN(CCCC)S(=O)(=O)N1CCN(Cc2cccs2)CC1. The fourth-order valence-electron chi connectivity index (χ4n) is 2.92. The number of piperazine rings is 1. The Bertz CT molecular complexity index is 544. The Labute approximate surface area is 151 Å². The molecule has 1 aromatic rings. The summed E-state index contributed by atoms with van der Waals surface area (Å²) in [6.07, 6.45) is 3.90. The molecular weight excluding hydrogens is 342 g/mol. The van der Waals surface area contributed by atoms with Gasteiger partial charge in [0.2, 0.25) is 0 Å². The third-order valence-corrected chi connectivity index (χ3v) is 7.36. The topological polar surface area (TPSA) is 43.9 Å². The highest BCUT2D eigenvalue weighted by Crippen LogP contribution is 2.17. The Kier molecular flexibility index (Phi) is 8.16. The quantitative estimate of drug-likeness (QED) is 0.633. The minimum Gasteiger partial charge on any atom is -0.296 e. The molecule has 2 heterocycles. The van der Waals surface area contributed by atoms with Crippen molar-refractivity contribution < 1.29 is 8.42 Å². The maximum absolute atomic E-state index is 13.0. The number of nitrogens with zero attached hydrogens (tertiary/aromatic N) is 3. The van der Waals surface area contributed by atoms with E-state index in [1.54, 1.807) is 19.9 Å². The maximum atomic E-state index is 13.0. The lowest BCUT2D eigenvalue weighted by molar-refractivity contribution is 0.175. The second kappa shape index (κ2) is 9.87. The van der Waals surface area contributed by atoms with Crippen molar-refractivity contribution in [2.45, 2.75) is 46.1 Å². The van der Waals surface area contributed by atoms with Gasteiger partial charge in [0.15, 0.2) is 0 Å².